The Labute approximate surface area is 171 Å². The standard InChI is InChI=1S/C21H17N3O4S/c1-14-23-17(13-29-14)11-27-19-8-3-2-7-18(19)21(26)28-12-20(25)24-16-6-4-5-15(9-16)10-22/h2-9,13H,11-12H2,1H3,(H,24,25). The quantitative estimate of drug-likeness (QED) is 0.599. The number of para-hydroxylation sites is 1. The Morgan fingerprint density at radius 1 is 1.21 bits per heavy atom. The zero-order valence-corrected chi connectivity index (χ0v) is 16.4. The molecule has 1 N–H and O–H groups in total. The number of nitriles is 1. The minimum atomic E-state index is -0.670. The monoisotopic (exact) mass is 407 g/mol. The molecule has 0 aliphatic heterocycles. The van der Waals surface area contributed by atoms with Gasteiger partial charge in [0.1, 0.15) is 17.9 Å². The van der Waals surface area contributed by atoms with Crippen molar-refractivity contribution < 1.29 is 19.1 Å². The smallest absolute Gasteiger partial charge is 0.342 e. The van der Waals surface area contributed by atoms with Crippen molar-refractivity contribution >= 4 is 28.9 Å². The minimum Gasteiger partial charge on any atom is -0.486 e. The number of thiazole rings is 1. The Morgan fingerprint density at radius 3 is 2.79 bits per heavy atom. The summed E-state index contributed by atoms with van der Waals surface area (Å²) in [6, 6.07) is 15.1. The van der Waals surface area contributed by atoms with Gasteiger partial charge in [0.15, 0.2) is 6.61 Å². The molecule has 1 aromatic heterocycles. The van der Waals surface area contributed by atoms with E-state index in [0.717, 1.165) is 10.7 Å². The van der Waals surface area contributed by atoms with E-state index < -0.39 is 18.5 Å². The second-order valence-corrected chi connectivity index (χ2v) is 7.02. The van der Waals surface area contributed by atoms with E-state index in [-0.39, 0.29) is 12.2 Å². The number of aryl methyl sites for hydroxylation is 1. The van der Waals surface area contributed by atoms with Crippen molar-refractivity contribution in [1.82, 2.24) is 4.98 Å². The molecule has 1 heterocycles. The van der Waals surface area contributed by atoms with Gasteiger partial charge in [0, 0.05) is 11.1 Å². The number of rotatable bonds is 7. The van der Waals surface area contributed by atoms with Crippen LogP contribution in [0.5, 0.6) is 5.75 Å². The molecule has 2 aromatic carbocycles. The maximum atomic E-state index is 12.4. The van der Waals surface area contributed by atoms with E-state index in [0.29, 0.717) is 17.0 Å². The number of aromatic nitrogens is 1. The lowest BCUT2D eigenvalue weighted by Crippen LogP contribution is -2.21. The van der Waals surface area contributed by atoms with Crippen LogP contribution in [0.4, 0.5) is 5.69 Å². The Morgan fingerprint density at radius 2 is 2.03 bits per heavy atom. The molecule has 0 saturated heterocycles. The van der Waals surface area contributed by atoms with Gasteiger partial charge in [-0.3, -0.25) is 4.79 Å². The molecule has 0 aliphatic carbocycles. The first-order valence-corrected chi connectivity index (χ1v) is 9.53. The number of nitrogens with zero attached hydrogens (tertiary/aromatic N) is 2. The number of hydrogen-bond donors (Lipinski definition) is 1. The number of hydrogen-bond acceptors (Lipinski definition) is 7. The number of nitrogens with one attached hydrogen (secondary N) is 1. The third-order valence-electron chi connectivity index (χ3n) is 3.76. The summed E-state index contributed by atoms with van der Waals surface area (Å²) in [5.41, 5.74) is 1.86. The van der Waals surface area contributed by atoms with Gasteiger partial charge in [-0.2, -0.15) is 5.26 Å². The Bertz CT molecular complexity index is 1070. The lowest BCUT2D eigenvalue weighted by molar-refractivity contribution is -0.119. The minimum absolute atomic E-state index is 0.221. The van der Waals surface area contributed by atoms with Crippen molar-refractivity contribution in [1.29, 1.82) is 5.26 Å². The van der Waals surface area contributed by atoms with Gasteiger partial charge in [0.25, 0.3) is 5.91 Å². The zero-order valence-electron chi connectivity index (χ0n) is 15.5. The zero-order chi connectivity index (χ0) is 20.6. The number of amides is 1. The van der Waals surface area contributed by atoms with Crippen LogP contribution in [0.3, 0.4) is 0 Å². The number of carbonyl (C=O) groups is 2. The third-order valence-corrected chi connectivity index (χ3v) is 4.58. The highest BCUT2D eigenvalue weighted by molar-refractivity contribution is 7.09. The summed E-state index contributed by atoms with van der Waals surface area (Å²) in [6.07, 6.45) is 0. The van der Waals surface area contributed by atoms with Gasteiger partial charge >= 0.3 is 5.97 Å². The van der Waals surface area contributed by atoms with Crippen molar-refractivity contribution in [3.63, 3.8) is 0 Å². The normalized spacial score (nSPS) is 10.1. The first kappa shape index (κ1) is 20.0. The summed E-state index contributed by atoms with van der Waals surface area (Å²) in [4.78, 5) is 28.8. The molecular weight excluding hydrogens is 390 g/mol. The van der Waals surface area contributed by atoms with Gasteiger partial charge in [0.05, 0.1) is 22.3 Å². The average Bonchev–Trinajstić information content (AvgIpc) is 3.16. The van der Waals surface area contributed by atoms with Crippen LogP contribution in [0, 0.1) is 18.3 Å². The molecule has 8 heteroatoms. The van der Waals surface area contributed by atoms with Gasteiger partial charge in [-0.05, 0) is 37.3 Å². The molecule has 0 aliphatic rings. The van der Waals surface area contributed by atoms with Crippen LogP contribution in [-0.2, 0) is 16.1 Å². The van der Waals surface area contributed by atoms with Crippen molar-refractivity contribution in [2.45, 2.75) is 13.5 Å². The van der Waals surface area contributed by atoms with Crippen molar-refractivity contribution in [3.8, 4) is 11.8 Å². The highest BCUT2D eigenvalue weighted by Crippen LogP contribution is 2.21. The topological polar surface area (TPSA) is 101 Å². The van der Waals surface area contributed by atoms with E-state index in [1.807, 2.05) is 18.4 Å². The van der Waals surface area contributed by atoms with Crippen LogP contribution in [0.25, 0.3) is 0 Å². The number of ether oxygens (including phenoxy) is 2. The molecule has 1 amide bonds. The molecule has 0 bridgehead atoms. The summed E-state index contributed by atoms with van der Waals surface area (Å²) in [6.45, 7) is 1.67. The maximum Gasteiger partial charge on any atom is 0.342 e. The molecule has 0 saturated carbocycles. The third kappa shape index (κ3) is 5.64. The van der Waals surface area contributed by atoms with Crippen LogP contribution < -0.4 is 10.1 Å². The molecule has 0 radical (unpaired) electrons. The molecular formula is C21H17N3O4S. The largest absolute Gasteiger partial charge is 0.486 e. The first-order chi connectivity index (χ1) is 14.0. The highest BCUT2D eigenvalue weighted by atomic mass is 32.1. The predicted molar refractivity (Wildman–Crippen MR) is 108 cm³/mol. The van der Waals surface area contributed by atoms with Gasteiger partial charge in [-0.1, -0.05) is 18.2 Å². The highest BCUT2D eigenvalue weighted by Gasteiger charge is 2.16. The maximum absolute atomic E-state index is 12.4. The summed E-state index contributed by atoms with van der Waals surface area (Å²) in [7, 11) is 0. The van der Waals surface area contributed by atoms with Crippen LogP contribution in [0.1, 0.15) is 26.6 Å². The van der Waals surface area contributed by atoms with Gasteiger partial charge in [0.2, 0.25) is 0 Å². The molecule has 0 atom stereocenters. The average molecular weight is 407 g/mol. The van der Waals surface area contributed by atoms with Gasteiger partial charge in [-0.15, -0.1) is 11.3 Å². The molecule has 0 spiro atoms. The van der Waals surface area contributed by atoms with Crippen LogP contribution >= 0.6 is 11.3 Å². The Hall–Kier alpha value is -3.70. The summed E-state index contributed by atoms with van der Waals surface area (Å²) in [5.74, 6) is -0.828. The SMILES string of the molecule is Cc1nc(COc2ccccc2C(=O)OCC(=O)Nc2cccc(C#N)c2)cs1. The predicted octanol–water partition coefficient (Wildman–Crippen LogP) is 3.70. The fourth-order valence-electron chi connectivity index (χ4n) is 2.46. The lowest BCUT2D eigenvalue weighted by Gasteiger charge is -2.11. The molecule has 3 aromatic rings. The molecule has 3 rings (SSSR count). The van der Waals surface area contributed by atoms with Crippen LogP contribution in [0.15, 0.2) is 53.9 Å². The molecule has 29 heavy (non-hydrogen) atoms. The fraction of sp³-hybridized carbons (Fsp3) is 0.143. The first-order valence-electron chi connectivity index (χ1n) is 8.65. The van der Waals surface area contributed by atoms with Crippen LogP contribution in [0.2, 0.25) is 0 Å². The van der Waals surface area contributed by atoms with E-state index in [1.54, 1.807) is 42.5 Å². The van der Waals surface area contributed by atoms with Crippen molar-refractivity contribution in [3.05, 3.63) is 75.7 Å². The molecule has 146 valence electrons. The van der Waals surface area contributed by atoms with E-state index >= 15 is 0 Å². The number of esters is 1. The Balaban J connectivity index is 1.57. The second-order valence-electron chi connectivity index (χ2n) is 5.96. The van der Waals surface area contributed by atoms with E-state index in [1.165, 1.54) is 17.4 Å². The number of anilines is 1. The summed E-state index contributed by atoms with van der Waals surface area (Å²) >= 11 is 1.52. The van der Waals surface area contributed by atoms with Crippen molar-refractivity contribution in [2.24, 2.45) is 0 Å². The summed E-state index contributed by atoms with van der Waals surface area (Å²) < 4.78 is 10.8. The van der Waals surface area contributed by atoms with E-state index in [2.05, 4.69) is 10.3 Å². The Kier molecular flexibility index (Phi) is 6.55. The van der Waals surface area contributed by atoms with Gasteiger partial charge < -0.3 is 14.8 Å². The number of carbonyl (C=O) groups excluding carboxylic acids is 2. The van der Waals surface area contributed by atoms with E-state index in [4.69, 9.17) is 14.7 Å². The van der Waals surface area contributed by atoms with Crippen molar-refractivity contribution in [2.75, 3.05) is 11.9 Å². The second kappa shape index (κ2) is 9.48. The van der Waals surface area contributed by atoms with E-state index in [9.17, 15) is 9.59 Å². The summed E-state index contributed by atoms with van der Waals surface area (Å²) in [5, 5.41) is 14.3. The van der Waals surface area contributed by atoms with Gasteiger partial charge in [-0.25, -0.2) is 9.78 Å². The molecule has 0 unspecified atom stereocenters. The van der Waals surface area contributed by atoms with Crippen LogP contribution in [-0.4, -0.2) is 23.5 Å². The molecule has 7 nitrogen and oxygen atoms in total. The number of benzene rings is 2. The lowest BCUT2D eigenvalue weighted by atomic mass is 10.2. The fourth-order valence-corrected chi connectivity index (χ4v) is 3.06. The molecule has 0 fully saturated rings.